The molecule has 2 fully saturated rings. The minimum absolute atomic E-state index is 0.250. The van der Waals surface area contributed by atoms with E-state index in [9.17, 15) is 4.39 Å². The minimum atomic E-state index is -1.23. The predicted octanol–water partition coefficient (Wildman–Crippen LogP) is 2.41. The second-order valence-corrected chi connectivity index (χ2v) is 5.64. The molecule has 0 aliphatic carbocycles. The van der Waals surface area contributed by atoms with Gasteiger partial charge in [-0.2, -0.15) is 0 Å². The lowest BCUT2D eigenvalue weighted by Crippen LogP contribution is -2.43. The van der Waals surface area contributed by atoms with E-state index in [4.69, 9.17) is 18.9 Å². The molecule has 4 atom stereocenters. The molecule has 0 spiro atoms. The molecule has 18 heavy (non-hydrogen) atoms. The van der Waals surface area contributed by atoms with Crippen molar-refractivity contribution in [1.82, 2.24) is 0 Å². The molecule has 2 aliphatic rings. The third-order valence-electron chi connectivity index (χ3n) is 3.42. The molecule has 0 aromatic heterocycles. The maximum absolute atomic E-state index is 14.4. The van der Waals surface area contributed by atoms with E-state index in [2.05, 4.69) is 6.92 Å². The molecule has 106 valence electrons. The summed E-state index contributed by atoms with van der Waals surface area (Å²) in [4.78, 5) is 0. The van der Waals surface area contributed by atoms with Crippen molar-refractivity contribution in [3.05, 3.63) is 0 Å². The topological polar surface area (TPSA) is 36.9 Å². The first-order valence-corrected chi connectivity index (χ1v) is 6.64. The number of hydrogen-bond donors (Lipinski definition) is 0. The van der Waals surface area contributed by atoms with Gasteiger partial charge >= 0.3 is 0 Å². The number of alkyl halides is 1. The molecule has 4 nitrogen and oxygen atoms in total. The van der Waals surface area contributed by atoms with E-state index in [1.165, 1.54) is 0 Å². The van der Waals surface area contributed by atoms with E-state index in [-0.39, 0.29) is 6.61 Å². The molecule has 2 aliphatic heterocycles. The largest absolute Gasteiger partial charge is 0.379 e. The minimum Gasteiger partial charge on any atom is -0.379 e. The van der Waals surface area contributed by atoms with Gasteiger partial charge in [-0.25, -0.2) is 4.39 Å². The average molecular weight is 262 g/mol. The van der Waals surface area contributed by atoms with Crippen LogP contribution < -0.4 is 0 Å². The van der Waals surface area contributed by atoms with Crippen molar-refractivity contribution in [1.29, 1.82) is 0 Å². The highest BCUT2D eigenvalue weighted by Crippen LogP contribution is 2.46. The quantitative estimate of drug-likeness (QED) is 0.713. The van der Waals surface area contributed by atoms with E-state index >= 15 is 0 Å². The molecule has 0 saturated carbocycles. The molecule has 0 N–H and O–H groups in total. The van der Waals surface area contributed by atoms with E-state index in [0.29, 0.717) is 6.61 Å². The van der Waals surface area contributed by atoms with Crippen molar-refractivity contribution in [3.8, 4) is 0 Å². The van der Waals surface area contributed by atoms with Gasteiger partial charge in [0.1, 0.15) is 6.10 Å². The second kappa shape index (κ2) is 5.04. The van der Waals surface area contributed by atoms with Crippen LogP contribution >= 0.6 is 0 Å². The Morgan fingerprint density at radius 2 is 2.00 bits per heavy atom. The van der Waals surface area contributed by atoms with Crippen LogP contribution in [0.15, 0.2) is 0 Å². The Labute approximate surface area is 108 Å². The Kier molecular flexibility index (Phi) is 3.97. The molecule has 2 saturated heterocycles. The molecule has 0 amide bonds. The maximum Gasteiger partial charge on any atom is 0.193 e. The zero-order valence-electron chi connectivity index (χ0n) is 11.6. The van der Waals surface area contributed by atoms with Gasteiger partial charge in [-0.15, -0.1) is 0 Å². The van der Waals surface area contributed by atoms with Crippen LogP contribution in [0, 0.1) is 0 Å². The predicted molar refractivity (Wildman–Crippen MR) is 63.9 cm³/mol. The summed E-state index contributed by atoms with van der Waals surface area (Å²) in [6.45, 7) is 8.20. The smallest absolute Gasteiger partial charge is 0.193 e. The summed E-state index contributed by atoms with van der Waals surface area (Å²) in [6, 6.07) is 0. The number of unbranched alkanes of at least 4 members (excludes halogenated alkanes) is 1. The van der Waals surface area contributed by atoms with Crippen molar-refractivity contribution in [2.75, 3.05) is 13.2 Å². The zero-order chi connectivity index (χ0) is 13.4. The van der Waals surface area contributed by atoms with E-state index in [1.54, 1.807) is 20.8 Å². The summed E-state index contributed by atoms with van der Waals surface area (Å²) in [6.07, 6.45) is -0.448. The molecular formula is C13H23FO4. The summed E-state index contributed by atoms with van der Waals surface area (Å²) in [7, 11) is 0. The van der Waals surface area contributed by atoms with Crippen LogP contribution in [0.25, 0.3) is 0 Å². The normalized spacial score (nSPS) is 42.2. The Morgan fingerprint density at radius 1 is 1.28 bits per heavy atom. The van der Waals surface area contributed by atoms with Crippen LogP contribution in [0.3, 0.4) is 0 Å². The molecule has 0 unspecified atom stereocenters. The van der Waals surface area contributed by atoms with Crippen LogP contribution in [0.4, 0.5) is 4.39 Å². The Hall–Kier alpha value is -0.230. The molecule has 0 aromatic rings. The Bertz CT molecular complexity index is 297. The number of ether oxygens (including phenoxy) is 4. The van der Waals surface area contributed by atoms with Gasteiger partial charge in [-0.3, -0.25) is 0 Å². The molecule has 0 aromatic carbocycles. The standard InChI is InChI=1S/C13H23FO4/c1-5-6-7-15-8-9-10(14)13(4)11(16-9)17-12(2,3)18-13/h9-11H,5-8H2,1-4H3/t9-,10+,11-,13-/m1/s1. The van der Waals surface area contributed by atoms with Gasteiger partial charge < -0.3 is 18.9 Å². The summed E-state index contributed by atoms with van der Waals surface area (Å²) < 4.78 is 36.6. The van der Waals surface area contributed by atoms with Gasteiger partial charge in [0, 0.05) is 6.61 Å². The third kappa shape index (κ3) is 2.54. The van der Waals surface area contributed by atoms with Gasteiger partial charge in [-0.1, -0.05) is 13.3 Å². The average Bonchev–Trinajstić information content (AvgIpc) is 2.63. The summed E-state index contributed by atoms with van der Waals surface area (Å²) in [5.74, 6) is -0.794. The van der Waals surface area contributed by atoms with Gasteiger partial charge in [0.05, 0.1) is 6.61 Å². The first-order valence-electron chi connectivity index (χ1n) is 6.64. The Morgan fingerprint density at radius 3 is 2.61 bits per heavy atom. The van der Waals surface area contributed by atoms with Crippen molar-refractivity contribution < 1.29 is 23.3 Å². The van der Waals surface area contributed by atoms with E-state index < -0.39 is 30.0 Å². The van der Waals surface area contributed by atoms with Crippen molar-refractivity contribution in [2.24, 2.45) is 0 Å². The SMILES string of the molecule is CCCCOC[C@H]1O[C@@H]2OC(C)(C)O[C@]2(C)[C@H]1F. The van der Waals surface area contributed by atoms with Gasteiger partial charge in [0.25, 0.3) is 0 Å². The molecule has 0 bridgehead atoms. The van der Waals surface area contributed by atoms with E-state index in [1.807, 2.05) is 0 Å². The zero-order valence-corrected chi connectivity index (χ0v) is 11.6. The molecule has 2 heterocycles. The van der Waals surface area contributed by atoms with Crippen LogP contribution in [0.5, 0.6) is 0 Å². The number of hydrogen-bond acceptors (Lipinski definition) is 4. The van der Waals surface area contributed by atoms with Crippen molar-refractivity contribution >= 4 is 0 Å². The number of fused-ring (bicyclic) bond motifs is 1. The highest BCUT2D eigenvalue weighted by atomic mass is 19.1. The van der Waals surface area contributed by atoms with Crippen LogP contribution in [0.1, 0.15) is 40.5 Å². The fourth-order valence-corrected chi connectivity index (χ4v) is 2.49. The summed E-state index contributed by atoms with van der Waals surface area (Å²) in [5, 5.41) is 0. The first kappa shape index (κ1) is 14.2. The molecule has 0 radical (unpaired) electrons. The van der Waals surface area contributed by atoms with Crippen LogP contribution in [-0.2, 0) is 18.9 Å². The van der Waals surface area contributed by atoms with Gasteiger partial charge in [0.2, 0.25) is 0 Å². The van der Waals surface area contributed by atoms with E-state index in [0.717, 1.165) is 12.8 Å². The molecule has 5 heteroatoms. The van der Waals surface area contributed by atoms with Crippen LogP contribution in [-0.4, -0.2) is 43.2 Å². The van der Waals surface area contributed by atoms with Gasteiger partial charge in [0.15, 0.2) is 23.8 Å². The summed E-state index contributed by atoms with van der Waals surface area (Å²) >= 11 is 0. The molecule has 2 rings (SSSR count). The van der Waals surface area contributed by atoms with Crippen molar-refractivity contribution in [2.45, 2.75) is 70.5 Å². The highest BCUT2D eigenvalue weighted by molar-refractivity contribution is 5.03. The maximum atomic E-state index is 14.4. The lowest BCUT2D eigenvalue weighted by atomic mass is 9.99. The molecular weight excluding hydrogens is 239 g/mol. The fourth-order valence-electron chi connectivity index (χ4n) is 2.49. The lowest BCUT2D eigenvalue weighted by Gasteiger charge is -2.26. The van der Waals surface area contributed by atoms with Crippen LogP contribution in [0.2, 0.25) is 0 Å². The highest BCUT2D eigenvalue weighted by Gasteiger charge is 2.63. The van der Waals surface area contributed by atoms with Crippen molar-refractivity contribution in [3.63, 3.8) is 0 Å². The lowest BCUT2D eigenvalue weighted by molar-refractivity contribution is -0.218. The number of halogens is 1. The number of rotatable bonds is 5. The van der Waals surface area contributed by atoms with Gasteiger partial charge in [-0.05, 0) is 27.2 Å². The first-order chi connectivity index (χ1) is 8.39. The second-order valence-electron chi connectivity index (χ2n) is 5.64. The third-order valence-corrected chi connectivity index (χ3v) is 3.42. The summed E-state index contributed by atoms with van der Waals surface area (Å²) in [5.41, 5.74) is -1.03. The Balaban J connectivity index is 1.88. The fraction of sp³-hybridized carbons (Fsp3) is 1.00. The monoisotopic (exact) mass is 262 g/mol.